The summed E-state index contributed by atoms with van der Waals surface area (Å²) in [5, 5.41) is 11.8. The summed E-state index contributed by atoms with van der Waals surface area (Å²) in [6.07, 6.45) is 3.58. The quantitative estimate of drug-likeness (QED) is 0.500. The molecule has 0 heterocycles. The number of unbranched alkanes of at least 4 members (excludes halogenated alkanes) is 1. The fourth-order valence-corrected chi connectivity index (χ4v) is 1.88. The third-order valence-corrected chi connectivity index (χ3v) is 2.74. The van der Waals surface area contributed by atoms with Crippen LogP contribution in [-0.2, 0) is 4.79 Å². The highest BCUT2D eigenvalue weighted by molar-refractivity contribution is 6.01. The fourth-order valence-electron chi connectivity index (χ4n) is 1.88. The number of amides is 1. The Morgan fingerprint density at radius 3 is 2.47 bits per heavy atom. The highest BCUT2D eigenvalue weighted by atomic mass is 16.1. The van der Waals surface area contributed by atoms with Crippen molar-refractivity contribution in [2.45, 2.75) is 33.6 Å². The molecule has 3 heteroatoms. The molecule has 1 rings (SSSR count). The van der Waals surface area contributed by atoms with Gasteiger partial charge in [-0.15, -0.1) is 0 Å². The molecule has 0 radical (unpaired) electrons. The average molecular weight is 256 g/mol. The van der Waals surface area contributed by atoms with Crippen LogP contribution in [0.15, 0.2) is 23.8 Å². The van der Waals surface area contributed by atoms with Crippen LogP contribution in [0.3, 0.4) is 0 Å². The van der Waals surface area contributed by atoms with Crippen LogP contribution in [0.5, 0.6) is 0 Å². The van der Waals surface area contributed by atoms with E-state index in [2.05, 4.69) is 18.3 Å². The van der Waals surface area contributed by atoms with Gasteiger partial charge in [0.15, 0.2) is 0 Å². The van der Waals surface area contributed by atoms with Crippen molar-refractivity contribution in [3.8, 4) is 6.07 Å². The molecule has 1 aromatic rings. The first-order valence-electron chi connectivity index (χ1n) is 6.55. The van der Waals surface area contributed by atoms with E-state index < -0.39 is 0 Å². The number of rotatable bonds is 5. The van der Waals surface area contributed by atoms with E-state index >= 15 is 0 Å². The Balaban J connectivity index is 2.87. The van der Waals surface area contributed by atoms with E-state index in [-0.39, 0.29) is 11.5 Å². The van der Waals surface area contributed by atoms with E-state index in [4.69, 9.17) is 5.26 Å². The summed E-state index contributed by atoms with van der Waals surface area (Å²) in [4.78, 5) is 11.8. The molecule has 1 amide bonds. The number of carbonyl (C=O) groups is 1. The number of carbonyl (C=O) groups excluding carboxylic acids is 1. The third-order valence-electron chi connectivity index (χ3n) is 2.74. The summed E-state index contributed by atoms with van der Waals surface area (Å²) in [5.74, 6) is -0.296. The van der Waals surface area contributed by atoms with E-state index in [0.29, 0.717) is 6.54 Å². The molecule has 3 nitrogen and oxygen atoms in total. The zero-order valence-corrected chi connectivity index (χ0v) is 11.8. The Labute approximate surface area is 114 Å². The molecule has 0 aliphatic rings. The molecule has 0 aliphatic heterocycles. The molecule has 0 unspecified atom stereocenters. The van der Waals surface area contributed by atoms with Crippen molar-refractivity contribution in [3.05, 3.63) is 40.5 Å². The van der Waals surface area contributed by atoms with Gasteiger partial charge >= 0.3 is 0 Å². The Kier molecular flexibility index (Phi) is 5.81. The van der Waals surface area contributed by atoms with Gasteiger partial charge < -0.3 is 5.32 Å². The van der Waals surface area contributed by atoms with Gasteiger partial charge in [0.1, 0.15) is 11.6 Å². The van der Waals surface area contributed by atoms with Crippen LogP contribution in [-0.4, -0.2) is 12.5 Å². The van der Waals surface area contributed by atoms with E-state index in [1.807, 2.05) is 32.0 Å². The summed E-state index contributed by atoms with van der Waals surface area (Å²) in [7, 11) is 0. The highest BCUT2D eigenvalue weighted by Crippen LogP contribution is 2.12. The number of nitrogens with zero attached hydrogens (tertiary/aromatic N) is 1. The predicted octanol–water partition coefficient (Wildman–Crippen LogP) is 3.13. The van der Waals surface area contributed by atoms with Crippen molar-refractivity contribution in [2.24, 2.45) is 0 Å². The molecule has 0 fully saturated rings. The molecule has 0 saturated heterocycles. The molecule has 0 saturated carbocycles. The van der Waals surface area contributed by atoms with Gasteiger partial charge in [-0.3, -0.25) is 4.79 Å². The lowest BCUT2D eigenvalue weighted by Gasteiger charge is -2.04. The normalized spacial score (nSPS) is 10.9. The lowest BCUT2D eigenvalue weighted by atomic mass is 10.0. The van der Waals surface area contributed by atoms with Gasteiger partial charge in [-0.05, 0) is 31.9 Å². The first kappa shape index (κ1) is 15.0. The third kappa shape index (κ3) is 4.97. The number of hydrogen-bond acceptors (Lipinski definition) is 2. The lowest BCUT2D eigenvalue weighted by molar-refractivity contribution is -0.117. The van der Waals surface area contributed by atoms with Crippen LogP contribution >= 0.6 is 0 Å². The monoisotopic (exact) mass is 256 g/mol. The standard InChI is InChI=1S/C16H20N2O/c1-4-5-6-18-16(19)15(11-17)10-14-8-12(2)7-13(3)9-14/h7-10H,4-6H2,1-3H3,(H,18,19)/b15-10+. The van der Waals surface area contributed by atoms with Crippen LogP contribution in [0.2, 0.25) is 0 Å². The summed E-state index contributed by atoms with van der Waals surface area (Å²) in [5.41, 5.74) is 3.28. The molecule has 100 valence electrons. The van der Waals surface area contributed by atoms with Gasteiger partial charge in [0, 0.05) is 6.54 Å². The van der Waals surface area contributed by atoms with Crippen molar-refractivity contribution < 1.29 is 4.79 Å². The van der Waals surface area contributed by atoms with E-state index in [9.17, 15) is 4.79 Å². The number of benzene rings is 1. The van der Waals surface area contributed by atoms with Gasteiger partial charge in [0.2, 0.25) is 0 Å². The highest BCUT2D eigenvalue weighted by Gasteiger charge is 2.08. The summed E-state index contributed by atoms with van der Waals surface area (Å²) >= 11 is 0. The van der Waals surface area contributed by atoms with Crippen LogP contribution in [0.1, 0.15) is 36.5 Å². The molecule has 1 N–H and O–H groups in total. The molecule has 0 atom stereocenters. The molecule has 1 aromatic carbocycles. The number of nitrogens with one attached hydrogen (secondary N) is 1. The average Bonchev–Trinajstić information content (AvgIpc) is 2.35. The van der Waals surface area contributed by atoms with Crippen LogP contribution in [0.4, 0.5) is 0 Å². The Hall–Kier alpha value is -2.08. The molecule has 0 aliphatic carbocycles. The SMILES string of the molecule is CCCCNC(=O)/C(C#N)=C/c1cc(C)cc(C)c1. The number of aryl methyl sites for hydroxylation is 2. The van der Waals surface area contributed by atoms with E-state index in [1.54, 1.807) is 6.08 Å². The molecule has 0 bridgehead atoms. The van der Waals surface area contributed by atoms with Gasteiger partial charge in [-0.25, -0.2) is 0 Å². The Bertz CT molecular complexity index is 504. The van der Waals surface area contributed by atoms with Crippen LogP contribution in [0.25, 0.3) is 6.08 Å². The van der Waals surface area contributed by atoms with E-state index in [0.717, 1.165) is 29.5 Å². The van der Waals surface area contributed by atoms with Gasteiger partial charge in [0.05, 0.1) is 0 Å². The van der Waals surface area contributed by atoms with Crippen LogP contribution < -0.4 is 5.32 Å². The molecule has 19 heavy (non-hydrogen) atoms. The number of hydrogen-bond donors (Lipinski definition) is 1. The van der Waals surface area contributed by atoms with Gasteiger partial charge in [-0.1, -0.05) is 42.7 Å². The minimum atomic E-state index is -0.296. The molecule has 0 aromatic heterocycles. The minimum absolute atomic E-state index is 0.154. The second-order valence-electron chi connectivity index (χ2n) is 4.70. The fraction of sp³-hybridized carbons (Fsp3) is 0.375. The smallest absolute Gasteiger partial charge is 0.261 e. The summed E-state index contributed by atoms with van der Waals surface area (Å²) in [6, 6.07) is 7.95. The van der Waals surface area contributed by atoms with Crippen molar-refractivity contribution in [1.29, 1.82) is 5.26 Å². The van der Waals surface area contributed by atoms with Crippen molar-refractivity contribution in [3.63, 3.8) is 0 Å². The van der Waals surface area contributed by atoms with Crippen LogP contribution in [0, 0.1) is 25.2 Å². The molecule has 0 spiro atoms. The van der Waals surface area contributed by atoms with Gasteiger partial charge in [0.25, 0.3) is 5.91 Å². The Morgan fingerprint density at radius 2 is 1.95 bits per heavy atom. The minimum Gasteiger partial charge on any atom is -0.351 e. The summed E-state index contributed by atoms with van der Waals surface area (Å²) in [6.45, 7) is 6.67. The van der Waals surface area contributed by atoms with Crippen molar-refractivity contribution in [1.82, 2.24) is 5.32 Å². The second kappa shape index (κ2) is 7.38. The van der Waals surface area contributed by atoms with Crippen molar-refractivity contribution in [2.75, 3.05) is 6.54 Å². The first-order valence-corrected chi connectivity index (χ1v) is 6.55. The molecular formula is C16H20N2O. The lowest BCUT2D eigenvalue weighted by Crippen LogP contribution is -2.25. The maximum absolute atomic E-state index is 11.8. The first-order chi connectivity index (χ1) is 9.06. The maximum Gasteiger partial charge on any atom is 0.261 e. The molecular weight excluding hydrogens is 236 g/mol. The summed E-state index contributed by atoms with van der Waals surface area (Å²) < 4.78 is 0. The maximum atomic E-state index is 11.8. The van der Waals surface area contributed by atoms with Gasteiger partial charge in [-0.2, -0.15) is 5.26 Å². The zero-order valence-electron chi connectivity index (χ0n) is 11.8. The van der Waals surface area contributed by atoms with E-state index in [1.165, 1.54) is 0 Å². The predicted molar refractivity (Wildman–Crippen MR) is 77.4 cm³/mol. The number of nitriles is 1. The second-order valence-corrected chi connectivity index (χ2v) is 4.70. The topological polar surface area (TPSA) is 52.9 Å². The zero-order chi connectivity index (χ0) is 14.3. The van der Waals surface area contributed by atoms with Crippen molar-refractivity contribution >= 4 is 12.0 Å². The largest absolute Gasteiger partial charge is 0.351 e. The Morgan fingerprint density at radius 1 is 1.32 bits per heavy atom.